The number of amides is 1. The maximum absolute atomic E-state index is 13.2. The van der Waals surface area contributed by atoms with Gasteiger partial charge in [-0.05, 0) is 43.2 Å². The lowest BCUT2D eigenvalue weighted by Crippen LogP contribution is -2.40. The van der Waals surface area contributed by atoms with Crippen molar-refractivity contribution in [1.82, 2.24) is 4.90 Å². The molecule has 1 aliphatic rings. The zero-order chi connectivity index (χ0) is 19.3. The largest absolute Gasteiger partial charge is 0.494 e. The molecular formula is C20H25NO5S. The number of benzene rings is 1. The molecule has 7 heteroatoms. The molecule has 1 aromatic carbocycles. The Bertz CT molecular complexity index is 860. The van der Waals surface area contributed by atoms with Gasteiger partial charge in [-0.15, -0.1) is 0 Å². The Labute approximate surface area is 160 Å². The second kappa shape index (κ2) is 8.61. The molecule has 0 saturated carbocycles. The van der Waals surface area contributed by atoms with E-state index in [-0.39, 0.29) is 30.0 Å². The van der Waals surface area contributed by atoms with Crippen LogP contribution in [0.4, 0.5) is 0 Å². The van der Waals surface area contributed by atoms with Crippen molar-refractivity contribution in [3.8, 4) is 5.75 Å². The molecule has 1 fully saturated rings. The van der Waals surface area contributed by atoms with Crippen LogP contribution in [0.15, 0.2) is 47.1 Å². The molecule has 27 heavy (non-hydrogen) atoms. The predicted molar refractivity (Wildman–Crippen MR) is 102 cm³/mol. The highest BCUT2D eigenvalue weighted by Gasteiger charge is 2.35. The number of sulfone groups is 1. The second-order valence-electron chi connectivity index (χ2n) is 6.80. The summed E-state index contributed by atoms with van der Waals surface area (Å²) >= 11 is 0. The Kier molecular flexibility index (Phi) is 6.21. The molecule has 1 saturated heterocycles. The van der Waals surface area contributed by atoms with Gasteiger partial charge in [-0.1, -0.05) is 19.4 Å². The van der Waals surface area contributed by atoms with Crippen molar-refractivity contribution < 1.29 is 22.4 Å². The van der Waals surface area contributed by atoms with Gasteiger partial charge in [0.15, 0.2) is 9.84 Å². The Morgan fingerprint density at radius 1 is 1.30 bits per heavy atom. The zero-order valence-corrected chi connectivity index (χ0v) is 16.3. The zero-order valence-electron chi connectivity index (χ0n) is 15.5. The van der Waals surface area contributed by atoms with Gasteiger partial charge in [-0.25, -0.2) is 8.42 Å². The van der Waals surface area contributed by atoms with Crippen molar-refractivity contribution in [2.24, 2.45) is 0 Å². The van der Waals surface area contributed by atoms with Gasteiger partial charge in [-0.3, -0.25) is 4.79 Å². The van der Waals surface area contributed by atoms with Crippen LogP contribution in [0.25, 0.3) is 0 Å². The lowest BCUT2D eigenvalue weighted by atomic mass is 10.1. The van der Waals surface area contributed by atoms with E-state index >= 15 is 0 Å². The number of furan rings is 1. The van der Waals surface area contributed by atoms with Crippen LogP contribution in [0.2, 0.25) is 0 Å². The van der Waals surface area contributed by atoms with E-state index in [2.05, 4.69) is 6.92 Å². The van der Waals surface area contributed by atoms with Crippen LogP contribution < -0.4 is 4.74 Å². The Hall–Kier alpha value is -2.28. The smallest absolute Gasteiger partial charge is 0.254 e. The van der Waals surface area contributed by atoms with Crippen molar-refractivity contribution in [1.29, 1.82) is 0 Å². The summed E-state index contributed by atoms with van der Waals surface area (Å²) in [5.41, 5.74) is 0.486. The van der Waals surface area contributed by atoms with Crippen LogP contribution in [-0.4, -0.2) is 43.4 Å². The highest BCUT2D eigenvalue weighted by atomic mass is 32.2. The second-order valence-corrected chi connectivity index (χ2v) is 9.03. The molecule has 2 heterocycles. The quantitative estimate of drug-likeness (QED) is 0.646. The Balaban J connectivity index is 1.81. The van der Waals surface area contributed by atoms with E-state index in [1.807, 2.05) is 6.07 Å². The van der Waals surface area contributed by atoms with Crippen LogP contribution >= 0.6 is 0 Å². The third kappa shape index (κ3) is 5.13. The molecule has 146 valence electrons. The molecule has 1 aliphatic heterocycles. The van der Waals surface area contributed by atoms with E-state index in [4.69, 9.17) is 9.15 Å². The number of unbranched alkanes of at least 4 members (excludes halogenated alkanes) is 1. The fraction of sp³-hybridized carbons (Fsp3) is 0.450. The van der Waals surface area contributed by atoms with Crippen molar-refractivity contribution in [3.63, 3.8) is 0 Å². The predicted octanol–water partition coefficient (Wildman–Crippen LogP) is 3.29. The molecule has 0 N–H and O–H groups in total. The summed E-state index contributed by atoms with van der Waals surface area (Å²) in [5, 5.41) is 0. The number of hydrogen-bond acceptors (Lipinski definition) is 5. The van der Waals surface area contributed by atoms with E-state index in [1.54, 1.807) is 41.5 Å². The Morgan fingerprint density at radius 3 is 2.81 bits per heavy atom. The molecule has 0 radical (unpaired) electrons. The van der Waals surface area contributed by atoms with Gasteiger partial charge in [0.25, 0.3) is 5.91 Å². The molecular weight excluding hydrogens is 366 g/mol. The molecule has 0 bridgehead atoms. The van der Waals surface area contributed by atoms with Crippen molar-refractivity contribution in [2.75, 3.05) is 18.1 Å². The highest BCUT2D eigenvalue weighted by Crippen LogP contribution is 2.24. The number of nitrogens with zero attached hydrogens (tertiary/aromatic N) is 1. The number of rotatable bonds is 8. The average Bonchev–Trinajstić information content (AvgIpc) is 3.29. The van der Waals surface area contributed by atoms with Gasteiger partial charge in [-0.2, -0.15) is 0 Å². The lowest BCUT2D eigenvalue weighted by Gasteiger charge is -2.27. The summed E-state index contributed by atoms with van der Waals surface area (Å²) in [6, 6.07) is 10.2. The first-order valence-electron chi connectivity index (χ1n) is 9.25. The minimum absolute atomic E-state index is 0.00780. The van der Waals surface area contributed by atoms with Gasteiger partial charge in [0, 0.05) is 11.6 Å². The van der Waals surface area contributed by atoms with Crippen LogP contribution in [0.5, 0.6) is 5.75 Å². The van der Waals surface area contributed by atoms with Crippen molar-refractivity contribution >= 4 is 15.7 Å². The van der Waals surface area contributed by atoms with E-state index in [0.717, 1.165) is 12.8 Å². The Morgan fingerprint density at radius 2 is 2.15 bits per heavy atom. The van der Waals surface area contributed by atoms with Crippen LogP contribution in [0.1, 0.15) is 42.3 Å². The molecule has 0 unspecified atom stereocenters. The number of carbonyl (C=O) groups is 1. The summed E-state index contributed by atoms with van der Waals surface area (Å²) in [6.45, 7) is 2.93. The topological polar surface area (TPSA) is 76.8 Å². The summed E-state index contributed by atoms with van der Waals surface area (Å²) < 4.78 is 34.9. The number of ether oxygens (including phenoxy) is 1. The van der Waals surface area contributed by atoms with Crippen molar-refractivity contribution in [2.45, 2.75) is 38.8 Å². The third-order valence-electron chi connectivity index (χ3n) is 4.66. The average molecular weight is 391 g/mol. The van der Waals surface area contributed by atoms with Crippen LogP contribution in [0.3, 0.4) is 0 Å². The molecule has 6 nitrogen and oxygen atoms in total. The summed E-state index contributed by atoms with van der Waals surface area (Å²) in [5.74, 6) is 1.16. The third-order valence-corrected chi connectivity index (χ3v) is 6.41. The van der Waals surface area contributed by atoms with E-state index < -0.39 is 9.84 Å². The summed E-state index contributed by atoms with van der Waals surface area (Å²) in [7, 11) is -3.11. The minimum atomic E-state index is -3.11. The van der Waals surface area contributed by atoms with Gasteiger partial charge in [0.05, 0.1) is 30.9 Å². The maximum Gasteiger partial charge on any atom is 0.254 e. The van der Waals surface area contributed by atoms with Gasteiger partial charge in [0.2, 0.25) is 0 Å². The minimum Gasteiger partial charge on any atom is -0.494 e. The molecule has 2 aromatic rings. The fourth-order valence-corrected chi connectivity index (χ4v) is 4.91. The number of carbonyl (C=O) groups excluding carboxylic acids is 1. The van der Waals surface area contributed by atoms with Crippen LogP contribution in [-0.2, 0) is 16.4 Å². The first-order chi connectivity index (χ1) is 13.0. The molecule has 0 spiro atoms. The fourth-order valence-electron chi connectivity index (χ4n) is 3.18. The normalized spacial score (nSPS) is 18.3. The SMILES string of the molecule is CCCCOc1cccc(C(=O)N(Cc2ccco2)[C@H]2CCS(=O)(=O)C2)c1. The lowest BCUT2D eigenvalue weighted by molar-refractivity contribution is 0.0665. The first-order valence-corrected chi connectivity index (χ1v) is 11.1. The number of hydrogen-bond donors (Lipinski definition) is 0. The van der Waals surface area contributed by atoms with E-state index in [1.165, 1.54) is 0 Å². The molecule has 1 amide bonds. The first kappa shape index (κ1) is 19.5. The van der Waals surface area contributed by atoms with Gasteiger partial charge >= 0.3 is 0 Å². The highest BCUT2D eigenvalue weighted by molar-refractivity contribution is 7.91. The van der Waals surface area contributed by atoms with E-state index in [9.17, 15) is 13.2 Å². The standard InChI is InChI=1S/C20H25NO5S/c1-2-3-10-25-18-7-4-6-16(13-18)20(22)21(14-19-8-5-11-26-19)17-9-12-27(23,24)15-17/h4-8,11,13,17H,2-3,9-10,12,14-15H2,1H3/t17-/m0/s1. The van der Waals surface area contributed by atoms with E-state index in [0.29, 0.717) is 30.1 Å². The molecule has 0 aliphatic carbocycles. The van der Waals surface area contributed by atoms with Crippen molar-refractivity contribution in [3.05, 3.63) is 54.0 Å². The molecule has 3 rings (SSSR count). The summed E-state index contributed by atoms with van der Waals surface area (Å²) in [6.07, 6.45) is 3.97. The summed E-state index contributed by atoms with van der Waals surface area (Å²) in [4.78, 5) is 14.8. The molecule has 1 aromatic heterocycles. The van der Waals surface area contributed by atoms with Gasteiger partial charge in [0.1, 0.15) is 11.5 Å². The monoisotopic (exact) mass is 391 g/mol. The van der Waals surface area contributed by atoms with Gasteiger partial charge < -0.3 is 14.1 Å². The van der Waals surface area contributed by atoms with Crippen LogP contribution in [0, 0.1) is 0 Å². The molecule has 1 atom stereocenters. The maximum atomic E-state index is 13.2.